The highest BCUT2D eigenvalue weighted by Crippen LogP contribution is 2.38. The molecule has 2 aliphatic heterocycles. The quantitative estimate of drug-likeness (QED) is 0.741. The van der Waals surface area contributed by atoms with Gasteiger partial charge < -0.3 is 10.2 Å². The van der Waals surface area contributed by atoms with E-state index in [2.05, 4.69) is 21.2 Å². The molecule has 8 heteroatoms. The average Bonchev–Trinajstić information content (AvgIpc) is 3.18. The van der Waals surface area contributed by atoms with Crippen LogP contribution in [0.4, 0.5) is 11.4 Å². The predicted molar refractivity (Wildman–Crippen MR) is 106 cm³/mol. The first-order valence-corrected chi connectivity index (χ1v) is 9.51. The van der Waals surface area contributed by atoms with Crippen LogP contribution < -0.4 is 10.2 Å². The minimum atomic E-state index is -0.509. The van der Waals surface area contributed by atoms with Gasteiger partial charge in [0.15, 0.2) is 0 Å². The van der Waals surface area contributed by atoms with E-state index in [-0.39, 0.29) is 5.91 Å². The van der Waals surface area contributed by atoms with Gasteiger partial charge >= 0.3 is 0 Å². The predicted octanol–water partition coefficient (Wildman–Crippen LogP) is 2.59. The van der Waals surface area contributed by atoms with Crippen LogP contribution in [-0.4, -0.2) is 41.6 Å². The molecule has 0 unspecified atom stereocenters. The summed E-state index contributed by atoms with van der Waals surface area (Å²) < 4.78 is 0.771. The molecular formula is C20H16BrN3O4. The summed E-state index contributed by atoms with van der Waals surface area (Å²) in [5.41, 5.74) is 2.67. The second-order valence-electron chi connectivity index (χ2n) is 6.67. The summed E-state index contributed by atoms with van der Waals surface area (Å²) in [4.78, 5) is 52.0. The average molecular weight is 442 g/mol. The molecule has 0 radical (unpaired) electrons. The van der Waals surface area contributed by atoms with Crippen LogP contribution in [0.3, 0.4) is 0 Å². The molecule has 0 bridgehead atoms. The van der Waals surface area contributed by atoms with Gasteiger partial charge in [0, 0.05) is 17.9 Å². The number of amides is 4. The minimum Gasteiger partial charge on any atom is -0.323 e. The van der Waals surface area contributed by atoms with Gasteiger partial charge in [0.25, 0.3) is 11.8 Å². The van der Waals surface area contributed by atoms with E-state index in [1.165, 1.54) is 6.92 Å². The lowest BCUT2D eigenvalue weighted by Gasteiger charge is -2.20. The Morgan fingerprint density at radius 3 is 2.36 bits per heavy atom. The number of carbonyl (C=O) groups excluding carboxylic acids is 4. The standard InChI is InChI=1S/C20H16BrN3O4/c1-11(25)23-7-6-12-8-13(21)9-16(18(12)23)22-17(26)10-24-19(27)14-4-2-3-5-15(14)20(24)28/h2-5,8-9H,6-7,10H2,1H3,(H,22,26). The molecule has 0 saturated heterocycles. The van der Waals surface area contributed by atoms with Gasteiger partial charge in [-0.05, 0) is 36.2 Å². The molecule has 0 saturated carbocycles. The molecule has 0 spiro atoms. The van der Waals surface area contributed by atoms with Crippen LogP contribution in [0.1, 0.15) is 33.2 Å². The van der Waals surface area contributed by atoms with E-state index in [0.717, 1.165) is 14.9 Å². The Bertz CT molecular complexity index is 1010. The van der Waals surface area contributed by atoms with Crippen LogP contribution in [0.5, 0.6) is 0 Å². The number of benzene rings is 2. The number of halogens is 1. The Balaban J connectivity index is 1.57. The molecular weight excluding hydrogens is 426 g/mol. The third-order valence-corrected chi connectivity index (χ3v) is 5.32. The number of rotatable bonds is 3. The Hall–Kier alpha value is -3.00. The van der Waals surface area contributed by atoms with Crippen molar-refractivity contribution in [3.63, 3.8) is 0 Å². The van der Waals surface area contributed by atoms with E-state index in [1.807, 2.05) is 6.07 Å². The molecule has 7 nitrogen and oxygen atoms in total. The monoisotopic (exact) mass is 441 g/mol. The van der Waals surface area contributed by atoms with Crippen LogP contribution in [0.25, 0.3) is 0 Å². The molecule has 1 N–H and O–H groups in total. The Labute approximate surface area is 169 Å². The van der Waals surface area contributed by atoms with Gasteiger partial charge in [-0.25, -0.2) is 0 Å². The molecule has 2 aliphatic rings. The normalized spacial score (nSPS) is 14.9. The first-order valence-electron chi connectivity index (χ1n) is 8.72. The molecule has 142 valence electrons. The Morgan fingerprint density at radius 2 is 1.75 bits per heavy atom. The van der Waals surface area contributed by atoms with Crippen molar-refractivity contribution in [1.82, 2.24) is 4.90 Å². The molecule has 2 aromatic rings. The van der Waals surface area contributed by atoms with E-state index >= 15 is 0 Å². The van der Waals surface area contributed by atoms with E-state index in [9.17, 15) is 19.2 Å². The number of nitrogens with one attached hydrogen (secondary N) is 1. The summed E-state index contributed by atoms with van der Waals surface area (Å²) in [6.45, 7) is 1.62. The summed E-state index contributed by atoms with van der Waals surface area (Å²) in [6, 6.07) is 10.1. The molecule has 0 aliphatic carbocycles. The maximum absolute atomic E-state index is 12.6. The highest BCUT2D eigenvalue weighted by Gasteiger charge is 2.36. The fraction of sp³-hybridized carbons (Fsp3) is 0.200. The van der Waals surface area contributed by atoms with E-state index in [0.29, 0.717) is 35.5 Å². The number of anilines is 2. The molecule has 0 atom stereocenters. The van der Waals surface area contributed by atoms with Gasteiger partial charge in [0.05, 0.1) is 22.5 Å². The van der Waals surface area contributed by atoms with Crippen molar-refractivity contribution in [2.75, 3.05) is 23.3 Å². The van der Waals surface area contributed by atoms with Gasteiger partial charge in [-0.1, -0.05) is 28.1 Å². The van der Waals surface area contributed by atoms with E-state index < -0.39 is 24.3 Å². The fourth-order valence-electron chi connectivity index (χ4n) is 3.64. The molecule has 4 amide bonds. The van der Waals surface area contributed by atoms with Crippen molar-refractivity contribution in [3.8, 4) is 0 Å². The molecule has 0 aromatic heterocycles. The van der Waals surface area contributed by atoms with Gasteiger partial charge in [-0.2, -0.15) is 0 Å². The lowest BCUT2D eigenvalue weighted by atomic mass is 10.1. The summed E-state index contributed by atoms with van der Waals surface area (Å²) in [5.74, 6) is -1.59. The lowest BCUT2D eigenvalue weighted by molar-refractivity contribution is -0.117. The van der Waals surface area contributed by atoms with Crippen LogP contribution >= 0.6 is 15.9 Å². The summed E-state index contributed by atoms with van der Waals surface area (Å²) in [5, 5.41) is 2.75. The zero-order valence-corrected chi connectivity index (χ0v) is 16.6. The Kier molecular flexibility index (Phi) is 4.50. The van der Waals surface area contributed by atoms with Crippen molar-refractivity contribution in [3.05, 3.63) is 57.6 Å². The highest BCUT2D eigenvalue weighted by molar-refractivity contribution is 9.10. The summed E-state index contributed by atoms with van der Waals surface area (Å²) in [7, 11) is 0. The van der Waals surface area contributed by atoms with Gasteiger partial charge in [-0.15, -0.1) is 0 Å². The number of imide groups is 1. The third-order valence-electron chi connectivity index (χ3n) is 4.86. The zero-order valence-electron chi connectivity index (χ0n) is 15.0. The smallest absolute Gasteiger partial charge is 0.262 e. The van der Waals surface area contributed by atoms with Gasteiger partial charge in [0.2, 0.25) is 11.8 Å². The van der Waals surface area contributed by atoms with Gasteiger partial charge in [0.1, 0.15) is 6.54 Å². The van der Waals surface area contributed by atoms with Gasteiger partial charge in [-0.3, -0.25) is 24.1 Å². The molecule has 2 heterocycles. The second-order valence-corrected chi connectivity index (χ2v) is 7.59. The SMILES string of the molecule is CC(=O)N1CCc2cc(Br)cc(NC(=O)CN3C(=O)c4ccccc4C3=O)c21. The topological polar surface area (TPSA) is 86.8 Å². The van der Waals surface area contributed by atoms with E-state index in [1.54, 1.807) is 35.2 Å². The maximum atomic E-state index is 12.6. The fourth-order valence-corrected chi connectivity index (χ4v) is 4.14. The number of fused-ring (bicyclic) bond motifs is 2. The zero-order chi connectivity index (χ0) is 20.0. The van der Waals surface area contributed by atoms with Crippen molar-refractivity contribution in [1.29, 1.82) is 0 Å². The largest absolute Gasteiger partial charge is 0.323 e. The van der Waals surface area contributed by atoms with Crippen molar-refractivity contribution in [2.24, 2.45) is 0 Å². The Morgan fingerprint density at radius 1 is 1.11 bits per heavy atom. The summed E-state index contributed by atoms with van der Waals surface area (Å²) >= 11 is 3.42. The lowest BCUT2D eigenvalue weighted by Crippen LogP contribution is -2.37. The van der Waals surface area contributed by atoms with Crippen LogP contribution in [0.15, 0.2) is 40.9 Å². The first-order chi connectivity index (χ1) is 13.4. The number of carbonyl (C=O) groups is 4. The summed E-state index contributed by atoms with van der Waals surface area (Å²) in [6.07, 6.45) is 0.690. The van der Waals surface area contributed by atoms with Crippen LogP contribution in [-0.2, 0) is 16.0 Å². The highest BCUT2D eigenvalue weighted by atomic mass is 79.9. The third kappa shape index (κ3) is 2.99. The number of hydrogen-bond donors (Lipinski definition) is 1. The van der Waals surface area contributed by atoms with Crippen molar-refractivity contribution in [2.45, 2.75) is 13.3 Å². The number of nitrogens with zero attached hydrogens (tertiary/aromatic N) is 2. The molecule has 4 rings (SSSR count). The minimum absolute atomic E-state index is 0.114. The first kappa shape index (κ1) is 18.4. The van der Waals surface area contributed by atoms with Crippen molar-refractivity contribution < 1.29 is 19.2 Å². The molecule has 28 heavy (non-hydrogen) atoms. The van der Waals surface area contributed by atoms with Crippen molar-refractivity contribution >= 4 is 50.9 Å². The second kappa shape index (κ2) is 6.87. The molecule has 0 fully saturated rings. The number of hydrogen-bond acceptors (Lipinski definition) is 4. The van der Waals surface area contributed by atoms with Crippen LogP contribution in [0.2, 0.25) is 0 Å². The molecule has 2 aromatic carbocycles. The van der Waals surface area contributed by atoms with E-state index in [4.69, 9.17) is 0 Å². The van der Waals surface area contributed by atoms with Crippen LogP contribution in [0, 0.1) is 0 Å². The maximum Gasteiger partial charge on any atom is 0.262 e.